The van der Waals surface area contributed by atoms with Crippen LogP contribution in [0, 0.1) is 11.3 Å². The summed E-state index contributed by atoms with van der Waals surface area (Å²) >= 11 is 2.55. The van der Waals surface area contributed by atoms with Gasteiger partial charge >= 0.3 is 0 Å². The van der Waals surface area contributed by atoms with Crippen molar-refractivity contribution in [1.82, 2.24) is 0 Å². The maximum Gasteiger partial charge on any atom is 0.0607 e. The van der Waals surface area contributed by atoms with Crippen molar-refractivity contribution in [3.8, 4) is 0 Å². The van der Waals surface area contributed by atoms with E-state index in [1.807, 2.05) is 0 Å². The van der Waals surface area contributed by atoms with Crippen LogP contribution >= 0.6 is 22.6 Å². The Morgan fingerprint density at radius 1 is 1.58 bits per heavy atom. The van der Waals surface area contributed by atoms with E-state index in [0.29, 0.717) is 5.41 Å². The average Bonchev–Trinajstić information content (AvgIpc) is 2.73. The highest BCUT2D eigenvalue weighted by atomic mass is 127. The topological polar surface area (TPSA) is 20.2 Å². The molecule has 0 aromatic heterocycles. The molecule has 2 aliphatic rings. The van der Waals surface area contributed by atoms with Gasteiger partial charge < -0.3 is 5.11 Å². The summed E-state index contributed by atoms with van der Waals surface area (Å²) in [4.78, 5) is 0. The highest BCUT2D eigenvalue weighted by Gasteiger charge is 2.66. The van der Waals surface area contributed by atoms with Gasteiger partial charge in [-0.2, -0.15) is 0 Å². The predicted octanol–water partition coefficient (Wildman–Crippen LogP) is 2.75. The highest BCUT2D eigenvalue weighted by Crippen LogP contribution is 2.67. The van der Waals surface area contributed by atoms with Gasteiger partial charge in [0.15, 0.2) is 0 Å². The van der Waals surface area contributed by atoms with Crippen molar-refractivity contribution in [2.45, 2.75) is 49.1 Å². The minimum atomic E-state index is -0.0234. The Morgan fingerprint density at radius 3 is 2.92 bits per heavy atom. The normalized spacial score (nSPS) is 48.2. The van der Waals surface area contributed by atoms with Crippen LogP contribution in [0.15, 0.2) is 0 Å². The number of rotatable bonds is 2. The number of hydrogen-bond acceptors (Lipinski definition) is 1. The maximum absolute atomic E-state index is 9.95. The molecule has 0 aromatic carbocycles. The van der Waals surface area contributed by atoms with Gasteiger partial charge in [-0.05, 0) is 25.2 Å². The first-order valence-electron chi connectivity index (χ1n) is 5.05. The molecule has 2 heteroatoms. The van der Waals surface area contributed by atoms with Crippen LogP contribution in [0.3, 0.4) is 0 Å². The second-order valence-corrected chi connectivity index (χ2v) is 5.63. The van der Waals surface area contributed by atoms with Crippen LogP contribution < -0.4 is 0 Å². The smallest absolute Gasteiger partial charge is 0.0607 e. The van der Waals surface area contributed by atoms with Crippen molar-refractivity contribution in [3.05, 3.63) is 0 Å². The third-order valence-corrected chi connectivity index (χ3v) is 5.86. The van der Waals surface area contributed by atoms with Gasteiger partial charge in [-0.3, -0.25) is 0 Å². The first kappa shape index (κ1) is 9.25. The molecule has 1 N–H and O–H groups in total. The Hall–Kier alpha value is 0.690. The number of aliphatic hydroxyl groups is 1. The molecule has 0 spiro atoms. The lowest BCUT2D eigenvalue weighted by Gasteiger charge is -2.26. The van der Waals surface area contributed by atoms with Crippen molar-refractivity contribution in [2.75, 3.05) is 0 Å². The van der Waals surface area contributed by atoms with E-state index in [1.165, 1.54) is 25.7 Å². The second kappa shape index (κ2) is 3.12. The van der Waals surface area contributed by atoms with Gasteiger partial charge in [0.2, 0.25) is 0 Å². The number of hydrogen-bond donors (Lipinski definition) is 1. The summed E-state index contributed by atoms with van der Waals surface area (Å²) in [5, 5.41) is 9.95. The second-order valence-electron chi connectivity index (χ2n) is 4.29. The van der Waals surface area contributed by atoms with Crippen molar-refractivity contribution < 1.29 is 5.11 Å². The number of alkyl halides is 1. The maximum atomic E-state index is 9.95. The van der Waals surface area contributed by atoms with Crippen LogP contribution in [0.5, 0.6) is 0 Å². The van der Waals surface area contributed by atoms with Gasteiger partial charge in [-0.25, -0.2) is 0 Å². The Balaban J connectivity index is 2.10. The van der Waals surface area contributed by atoms with E-state index in [4.69, 9.17) is 0 Å². The first-order chi connectivity index (χ1) is 5.73. The van der Waals surface area contributed by atoms with E-state index in [2.05, 4.69) is 29.5 Å². The Kier molecular flexibility index (Phi) is 2.41. The van der Waals surface area contributed by atoms with Gasteiger partial charge in [0, 0.05) is 9.34 Å². The molecule has 0 heterocycles. The molecular weight excluding hydrogens is 263 g/mol. The molecule has 0 unspecified atom stereocenters. The number of aliphatic hydroxyl groups excluding tert-OH is 1. The zero-order chi connectivity index (χ0) is 8.77. The molecule has 0 amide bonds. The molecule has 2 rings (SSSR count). The molecular formula is C10H17IO. The van der Waals surface area contributed by atoms with Crippen LogP contribution in [0.25, 0.3) is 0 Å². The van der Waals surface area contributed by atoms with E-state index in [9.17, 15) is 5.11 Å². The monoisotopic (exact) mass is 280 g/mol. The summed E-state index contributed by atoms with van der Waals surface area (Å²) in [5.74, 6) is 0.849. The summed E-state index contributed by atoms with van der Waals surface area (Å²) < 4.78 is 0.771. The number of halogens is 1. The van der Waals surface area contributed by atoms with Crippen LogP contribution in [-0.4, -0.2) is 15.1 Å². The van der Waals surface area contributed by atoms with Gasteiger partial charge in [0.25, 0.3) is 0 Å². The zero-order valence-electron chi connectivity index (χ0n) is 7.59. The fraction of sp³-hybridized carbons (Fsp3) is 1.00. The Bertz CT molecular complexity index is 179. The molecule has 4 atom stereocenters. The molecule has 2 fully saturated rings. The quantitative estimate of drug-likeness (QED) is 0.609. The predicted molar refractivity (Wildman–Crippen MR) is 58.5 cm³/mol. The van der Waals surface area contributed by atoms with Gasteiger partial charge in [-0.15, -0.1) is 0 Å². The molecule has 2 saturated carbocycles. The number of fused-ring (bicyclic) bond motifs is 1. The molecule has 0 bridgehead atoms. The first-order valence-corrected chi connectivity index (χ1v) is 6.30. The van der Waals surface area contributed by atoms with E-state index in [1.54, 1.807) is 0 Å². The van der Waals surface area contributed by atoms with E-state index < -0.39 is 0 Å². The fourth-order valence-corrected chi connectivity index (χ4v) is 5.01. The summed E-state index contributed by atoms with van der Waals surface area (Å²) in [6, 6.07) is 0. The van der Waals surface area contributed by atoms with Crippen LogP contribution in [0.4, 0.5) is 0 Å². The summed E-state index contributed by atoms with van der Waals surface area (Å²) in [7, 11) is 0. The fourth-order valence-electron chi connectivity index (χ4n) is 3.00. The molecule has 0 aliphatic heterocycles. The SMILES string of the molecule is CC[C@H](O)[C@]12CCCC[C@H]1[C@@H]2I. The lowest BCUT2D eigenvalue weighted by Crippen LogP contribution is -2.26. The molecule has 1 nitrogen and oxygen atoms in total. The van der Waals surface area contributed by atoms with Crippen LogP contribution in [-0.2, 0) is 0 Å². The largest absolute Gasteiger partial charge is 0.393 e. The van der Waals surface area contributed by atoms with Crippen LogP contribution in [0.2, 0.25) is 0 Å². The minimum Gasteiger partial charge on any atom is -0.393 e. The van der Waals surface area contributed by atoms with E-state index in [0.717, 1.165) is 16.3 Å². The van der Waals surface area contributed by atoms with E-state index in [-0.39, 0.29) is 6.10 Å². The molecule has 12 heavy (non-hydrogen) atoms. The van der Waals surface area contributed by atoms with Crippen molar-refractivity contribution >= 4 is 22.6 Å². The summed E-state index contributed by atoms with van der Waals surface area (Å²) in [6.45, 7) is 2.10. The van der Waals surface area contributed by atoms with Crippen LogP contribution in [0.1, 0.15) is 39.0 Å². The van der Waals surface area contributed by atoms with Gasteiger partial charge in [0.1, 0.15) is 0 Å². The summed E-state index contributed by atoms with van der Waals surface area (Å²) in [6.07, 6.45) is 6.29. The van der Waals surface area contributed by atoms with Crippen molar-refractivity contribution in [1.29, 1.82) is 0 Å². The average molecular weight is 280 g/mol. The molecule has 70 valence electrons. The summed E-state index contributed by atoms with van der Waals surface area (Å²) in [5.41, 5.74) is 0.355. The molecule has 2 aliphatic carbocycles. The highest BCUT2D eigenvalue weighted by molar-refractivity contribution is 14.1. The Labute approximate surface area is 88.1 Å². The standard InChI is InChI=1S/C10H17IO/c1-2-8(12)10-6-4-3-5-7(10)9(10)11/h7-9,12H,2-6H2,1H3/t7-,8-,9-,10-/m0/s1. The molecule has 0 radical (unpaired) electrons. The minimum absolute atomic E-state index is 0.0234. The Morgan fingerprint density at radius 2 is 2.33 bits per heavy atom. The third-order valence-electron chi connectivity index (χ3n) is 3.83. The van der Waals surface area contributed by atoms with Gasteiger partial charge in [-0.1, -0.05) is 42.4 Å². The van der Waals surface area contributed by atoms with Crippen molar-refractivity contribution in [3.63, 3.8) is 0 Å². The van der Waals surface area contributed by atoms with Crippen molar-refractivity contribution in [2.24, 2.45) is 11.3 Å². The molecule has 0 saturated heterocycles. The zero-order valence-corrected chi connectivity index (χ0v) is 9.75. The lowest BCUT2D eigenvalue weighted by atomic mass is 9.83. The van der Waals surface area contributed by atoms with E-state index >= 15 is 0 Å². The van der Waals surface area contributed by atoms with Gasteiger partial charge in [0.05, 0.1) is 6.10 Å². The lowest BCUT2D eigenvalue weighted by molar-refractivity contribution is 0.0638. The third kappa shape index (κ3) is 1.07. The molecule has 0 aromatic rings.